The van der Waals surface area contributed by atoms with Gasteiger partial charge >= 0.3 is 0 Å². The topological polar surface area (TPSA) is 70.7 Å². The van der Waals surface area contributed by atoms with Crippen LogP contribution >= 0.6 is 0 Å². The quantitative estimate of drug-likeness (QED) is 0.713. The van der Waals surface area contributed by atoms with Crippen molar-refractivity contribution in [3.63, 3.8) is 0 Å². The number of para-hydroxylation sites is 1. The van der Waals surface area contributed by atoms with Crippen molar-refractivity contribution < 1.29 is 14.3 Å². The highest BCUT2D eigenvalue weighted by atomic mass is 16.5. The van der Waals surface area contributed by atoms with E-state index in [1.165, 1.54) is 24.8 Å². The number of nitrogens with zero attached hydrogens (tertiary/aromatic N) is 1. The number of nitrogens with one attached hydrogen (secondary N) is 2. The van der Waals surface area contributed by atoms with Gasteiger partial charge in [-0.3, -0.25) is 14.5 Å². The molecular weight excluding hydrogens is 390 g/mol. The van der Waals surface area contributed by atoms with Gasteiger partial charge in [0.15, 0.2) is 0 Å². The third-order valence-corrected chi connectivity index (χ3v) is 6.01. The first-order valence-electron chi connectivity index (χ1n) is 11.3. The zero-order valence-corrected chi connectivity index (χ0v) is 17.9. The first-order valence-corrected chi connectivity index (χ1v) is 11.3. The van der Waals surface area contributed by atoms with Gasteiger partial charge in [-0.2, -0.15) is 0 Å². The van der Waals surface area contributed by atoms with E-state index in [0.717, 1.165) is 39.1 Å². The average Bonchev–Trinajstić information content (AvgIpc) is 3.33. The second-order valence-corrected chi connectivity index (χ2v) is 8.38. The van der Waals surface area contributed by atoms with Crippen LogP contribution < -0.4 is 10.6 Å². The molecule has 1 unspecified atom stereocenters. The van der Waals surface area contributed by atoms with E-state index in [4.69, 9.17) is 4.74 Å². The molecule has 2 fully saturated rings. The summed E-state index contributed by atoms with van der Waals surface area (Å²) in [6, 6.07) is 14.8. The summed E-state index contributed by atoms with van der Waals surface area (Å²) in [6.45, 7) is 4.46. The van der Waals surface area contributed by atoms with Gasteiger partial charge in [0.2, 0.25) is 0 Å². The number of benzene rings is 2. The Morgan fingerprint density at radius 2 is 1.71 bits per heavy atom. The monoisotopic (exact) mass is 421 g/mol. The van der Waals surface area contributed by atoms with Gasteiger partial charge in [0, 0.05) is 25.3 Å². The van der Waals surface area contributed by atoms with Gasteiger partial charge in [0.25, 0.3) is 11.8 Å². The number of carbonyl (C=O) groups excluding carboxylic acids is 2. The van der Waals surface area contributed by atoms with Crippen LogP contribution in [0.25, 0.3) is 0 Å². The molecule has 1 atom stereocenters. The zero-order chi connectivity index (χ0) is 21.5. The van der Waals surface area contributed by atoms with E-state index in [1.807, 2.05) is 30.3 Å². The Kier molecular flexibility index (Phi) is 7.33. The summed E-state index contributed by atoms with van der Waals surface area (Å²) < 4.78 is 5.56. The molecule has 164 valence electrons. The maximum absolute atomic E-state index is 12.8. The molecule has 4 rings (SSSR count). The first-order chi connectivity index (χ1) is 15.2. The van der Waals surface area contributed by atoms with Gasteiger partial charge in [-0.25, -0.2) is 0 Å². The van der Waals surface area contributed by atoms with E-state index >= 15 is 0 Å². The molecule has 2 heterocycles. The molecule has 0 spiro atoms. The van der Waals surface area contributed by atoms with Crippen molar-refractivity contribution >= 4 is 17.5 Å². The summed E-state index contributed by atoms with van der Waals surface area (Å²) in [5.74, 6) is -0.424. The second-order valence-electron chi connectivity index (χ2n) is 8.38. The van der Waals surface area contributed by atoms with Crippen LogP contribution in [-0.4, -0.2) is 49.1 Å². The number of rotatable bonds is 7. The van der Waals surface area contributed by atoms with Gasteiger partial charge in [-0.15, -0.1) is 0 Å². The van der Waals surface area contributed by atoms with E-state index < -0.39 is 0 Å². The number of hydrogen-bond donors (Lipinski definition) is 2. The van der Waals surface area contributed by atoms with Crippen LogP contribution in [0.5, 0.6) is 0 Å². The lowest BCUT2D eigenvalue weighted by molar-refractivity contribution is 0.0858. The van der Waals surface area contributed by atoms with Gasteiger partial charge in [-0.05, 0) is 68.6 Å². The van der Waals surface area contributed by atoms with Crippen LogP contribution in [0.1, 0.15) is 58.4 Å². The van der Waals surface area contributed by atoms with Gasteiger partial charge in [0.05, 0.1) is 17.4 Å². The largest absolute Gasteiger partial charge is 0.376 e. The van der Waals surface area contributed by atoms with E-state index in [9.17, 15) is 9.59 Å². The normalized spacial score (nSPS) is 19.2. The Morgan fingerprint density at radius 1 is 0.935 bits per heavy atom. The zero-order valence-electron chi connectivity index (χ0n) is 17.9. The summed E-state index contributed by atoms with van der Waals surface area (Å²) in [4.78, 5) is 27.9. The average molecular weight is 422 g/mol. The van der Waals surface area contributed by atoms with E-state index in [2.05, 4.69) is 15.5 Å². The fourth-order valence-corrected chi connectivity index (χ4v) is 4.23. The van der Waals surface area contributed by atoms with Crippen molar-refractivity contribution in [1.82, 2.24) is 10.2 Å². The van der Waals surface area contributed by atoms with Crippen LogP contribution in [0.2, 0.25) is 0 Å². The Balaban J connectivity index is 1.36. The summed E-state index contributed by atoms with van der Waals surface area (Å²) in [6.07, 6.45) is 5.93. The van der Waals surface area contributed by atoms with Gasteiger partial charge in [-0.1, -0.05) is 30.7 Å². The third kappa shape index (κ3) is 5.93. The predicted octanol–water partition coefficient (Wildman–Crippen LogP) is 3.83. The molecule has 2 aromatic carbocycles. The summed E-state index contributed by atoms with van der Waals surface area (Å²) in [5, 5.41) is 5.82. The maximum atomic E-state index is 12.8. The van der Waals surface area contributed by atoms with Crippen LogP contribution in [0.3, 0.4) is 0 Å². The Morgan fingerprint density at radius 3 is 2.45 bits per heavy atom. The standard InChI is InChI=1S/C25H31N3O3/c29-24(20-12-10-19(11-13-20)18-28-14-4-1-5-15-28)27-23-9-3-2-8-22(23)25(30)26-17-21-7-6-16-31-21/h2-3,8-13,21H,1,4-7,14-18H2,(H,26,30)(H,27,29). The predicted molar refractivity (Wildman–Crippen MR) is 121 cm³/mol. The third-order valence-electron chi connectivity index (χ3n) is 6.01. The molecule has 0 aromatic heterocycles. The molecule has 0 bridgehead atoms. The molecule has 6 heteroatoms. The fourth-order valence-electron chi connectivity index (χ4n) is 4.23. The highest BCUT2D eigenvalue weighted by molar-refractivity contribution is 6.09. The van der Waals surface area contributed by atoms with E-state index in [0.29, 0.717) is 23.4 Å². The van der Waals surface area contributed by atoms with Gasteiger partial charge < -0.3 is 15.4 Å². The molecule has 2 aromatic rings. The lowest BCUT2D eigenvalue weighted by Gasteiger charge is -2.26. The number of hydrogen-bond acceptors (Lipinski definition) is 4. The molecule has 6 nitrogen and oxygen atoms in total. The summed E-state index contributed by atoms with van der Waals surface area (Å²) in [5.41, 5.74) is 2.76. The number of anilines is 1. The summed E-state index contributed by atoms with van der Waals surface area (Å²) in [7, 11) is 0. The number of likely N-dealkylation sites (tertiary alicyclic amines) is 1. The van der Waals surface area contributed by atoms with Crippen LogP contribution in [0.4, 0.5) is 5.69 Å². The van der Waals surface area contributed by atoms with Crippen LogP contribution in [0, 0.1) is 0 Å². The molecule has 2 saturated heterocycles. The molecule has 2 aliphatic heterocycles. The van der Waals surface area contributed by atoms with Gasteiger partial charge in [0.1, 0.15) is 0 Å². The van der Waals surface area contributed by atoms with Crippen molar-refractivity contribution in [3.05, 3.63) is 65.2 Å². The minimum Gasteiger partial charge on any atom is -0.376 e. The Hall–Kier alpha value is -2.70. The molecule has 2 aliphatic rings. The van der Waals surface area contributed by atoms with Crippen molar-refractivity contribution in [3.8, 4) is 0 Å². The second kappa shape index (κ2) is 10.6. The first kappa shape index (κ1) is 21.5. The smallest absolute Gasteiger partial charge is 0.255 e. The lowest BCUT2D eigenvalue weighted by atomic mass is 10.1. The van der Waals surface area contributed by atoms with E-state index in [-0.39, 0.29) is 17.9 Å². The Labute approximate surface area is 184 Å². The maximum Gasteiger partial charge on any atom is 0.255 e. The highest BCUT2D eigenvalue weighted by Crippen LogP contribution is 2.18. The molecule has 0 radical (unpaired) electrons. The lowest BCUT2D eigenvalue weighted by Crippen LogP contribution is -2.32. The fraction of sp³-hybridized carbons (Fsp3) is 0.440. The number of ether oxygens (including phenoxy) is 1. The number of piperidine rings is 1. The van der Waals surface area contributed by atoms with Crippen LogP contribution in [-0.2, 0) is 11.3 Å². The Bertz CT molecular complexity index is 885. The van der Waals surface area contributed by atoms with Crippen molar-refractivity contribution in [2.45, 2.75) is 44.8 Å². The minimum absolute atomic E-state index is 0.0779. The SMILES string of the molecule is O=C(Nc1ccccc1C(=O)NCC1CCCO1)c1ccc(CN2CCCCC2)cc1. The molecule has 0 saturated carbocycles. The van der Waals surface area contributed by atoms with Crippen LogP contribution in [0.15, 0.2) is 48.5 Å². The van der Waals surface area contributed by atoms with E-state index in [1.54, 1.807) is 18.2 Å². The number of amides is 2. The molecule has 2 amide bonds. The molecule has 0 aliphatic carbocycles. The molecule has 31 heavy (non-hydrogen) atoms. The molecule has 2 N–H and O–H groups in total. The van der Waals surface area contributed by atoms with Crippen molar-refractivity contribution in [2.24, 2.45) is 0 Å². The van der Waals surface area contributed by atoms with Crippen molar-refractivity contribution in [2.75, 3.05) is 31.6 Å². The highest BCUT2D eigenvalue weighted by Gasteiger charge is 2.19. The molecular formula is C25H31N3O3. The van der Waals surface area contributed by atoms with Crippen molar-refractivity contribution in [1.29, 1.82) is 0 Å². The number of carbonyl (C=O) groups is 2. The summed E-state index contributed by atoms with van der Waals surface area (Å²) >= 11 is 0. The minimum atomic E-state index is -0.219.